The molecular weight excluding hydrogens is 356 g/mol. The van der Waals surface area contributed by atoms with Crippen molar-refractivity contribution in [3.05, 3.63) is 17.7 Å². The lowest BCUT2D eigenvalue weighted by molar-refractivity contribution is -0.142. The van der Waals surface area contributed by atoms with Crippen LogP contribution in [0.1, 0.15) is 39.2 Å². The first-order valence-electron chi connectivity index (χ1n) is 8.53. The third-order valence-corrected chi connectivity index (χ3v) is 3.12. The van der Waals surface area contributed by atoms with Gasteiger partial charge < -0.3 is 14.8 Å². The molecule has 0 bridgehead atoms. The van der Waals surface area contributed by atoms with Gasteiger partial charge in [-0.25, -0.2) is 9.48 Å². The minimum absolute atomic E-state index is 0.0191. The average Bonchev–Trinajstić information content (AvgIpc) is 3.16. The Labute approximate surface area is 156 Å². The summed E-state index contributed by atoms with van der Waals surface area (Å²) in [4.78, 5) is 23.2. The molecule has 12 heteroatoms. The molecule has 0 saturated carbocycles. The van der Waals surface area contributed by atoms with Crippen molar-refractivity contribution in [2.45, 2.75) is 52.8 Å². The zero-order valence-corrected chi connectivity index (χ0v) is 15.9. The maximum absolute atomic E-state index is 11.6. The van der Waals surface area contributed by atoms with E-state index in [2.05, 4.69) is 31.2 Å². The summed E-state index contributed by atoms with van der Waals surface area (Å²) in [5, 5.41) is 21.9. The minimum Gasteiger partial charge on any atom is -0.466 e. The molecule has 2 aromatic rings. The van der Waals surface area contributed by atoms with Crippen molar-refractivity contribution in [3.63, 3.8) is 0 Å². The molecule has 2 rings (SSSR count). The zero-order chi connectivity index (χ0) is 19.9. The van der Waals surface area contributed by atoms with Gasteiger partial charge in [0.15, 0.2) is 5.82 Å². The lowest BCUT2D eigenvalue weighted by atomic mass is 10.2. The summed E-state index contributed by atoms with van der Waals surface area (Å²) in [7, 11) is 0. The molecule has 0 unspecified atom stereocenters. The lowest BCUT2D eigenvalue weighted by Crippen LogP contribution is -2.34. The van der Waals surface area contributed by atoms with Crippen LogP contribution in [-0.2, 0) is 33.8 Å². The molecule has 12 nitrogen and oxygen atoms in total. The van der Waals surface area contributed by atoms with E-state index in [1.54, 1.807) is 38.6 Å². The predicted octanol–water partition coefficient (Wildman–Crippen LogP) is -0.0568. The number of nitrogens with zero attached hydrogens (tertiary/aromatic N) is 7. The quantitative estimate of drug-likeness (QED) is 0.624. The molecule has 0 radical (unpaired) electrons. The Kier molecular flexibility index (Phi) is 6.79. The molecule has 1 amide bonds. The zero-order valence-electron chi connectivity index (χ0n) is 15.9. The van der Waals surface area contributed by atoms with E-state index in [-0.39, 0.29) is 13.0 Å². The van der Waals surface area contributed by atoms with E-state index in [0.717, 1.165) is 0 Å². The number of aromatic nitrogens is 7. The van der Waals surface area contributed by atoms with Crippen LogP contribution in [0.5, 0.6) is 0 Å². The van der Waals surface area contributed by atoms with Crippen LogP contribution in [0.2, 0.25) is 0 Å². The summed E-state index contributed by atoms with van der Waals surface area (Å²) in [5.74, 6) is -0.0139. The fourth-order valence-electron chi connectivity index (χ4n) is 2.07. The van der Waals surface area contributed by atoms with Crippen molar-refractivity contribution in [1.29, 1.82) is 0 Å². The van der Waals surface area contributed by atoms with Gasteiger partial charge in [-0.05, 0) is 38.1 Å². The molecule has 1 N–H and O–H groups in total. The van der Waals surface area contributed by atoms with E-state index in [0.29, 0.717) is 31.2 Å². The Morgan fingerprint density at radius 2 is 2.00 bits per heavy atom. The topological polar surface area (TPSA) is 139 Å². The van der Waals surface area contributed by atoms with Crippen LogP contribution in [0, 0.1) is 0 Å². The third kappa shape index (κ3) is 6.99. The summed E-state index contributed by atoms with van der Waals surface area (Å²) in [6.45, 7) is 8.46. The van der Waals surface area contributed by atoms with Crippen molar-refractivity contribution in [2.75, 3.05) is 13.2 Å². The van der Waals surface area contributed by atoms with Crippen LogP contribution in [0.25, 0.3) is 0 Å². The number of tetrazole rings is 1. The molecule has 0 spiro atoms. The van der Waals surface area contributed by atoms with Crippen LogP contribution in [0.4, 0.5) is 4.79 Å². The molecule has 0 aliphatic heterocycles. The monoisotopic (exact) mass is 380 g/mol. The number of hydrogen-bond acceptors (Lipinski definition) is 9. The van der Waals surface area contributed by atoms with Gasteiger partial charge in [0.25, 0.3) is 0 Å². The number of rotatable bonds is 8. The molecule has 0 aliphatic rings. The number of esters is 1. The van der Waals surface area contributed by atoms with Crippen LogP contribution in [0.15, 0.2) is 6.20 Å². The molecule has 0 aliphatic carbocycles. The molecule has 0 fully saturated rings. The van der Waals surface area contributed by atoms with Gasteiger partial charge in [-0.3, -0.25) is 9.48 Å². The van der Waals surface area contributed by atoms with E-state index >= 15 is 0 Å². The van der Waals surface area contributed by atoms with Gasteiger partial charge in [0.1, 0.15) is 17.7 Å². The van der Waals surface area contributed by atoms with Crippen molar-refractivity contribution < 1.29 is 19.1 Å². The van der Waals surface area contributed by atoms with Crippen molar-refractivity contribution in [2.24, 2.45) is 0 Å². The first kappa shape index (κ1) is 20.3. The molecule has 0 aromatic carbocycles. The molecule has 27 heavy (non-hydrogen) atoms. The highest BCUT2D eigenvalue weighted by molar-refractivity contribution is 5.71. The molecule has 0 saturated heterocycles. The minimum atomic E-state index is -0.544. The third-order valence-electron chi connectivity index (χ3n) is 3.12. The lowest BCUT2D eigenvalue weighted by Gasteiger charge is -2.19. The highest BCUT2D eigenvalue weighted by Gasteiger charge is 2.16. The van der Waals surface area contributed by atoms with E-state index < -0.39 is 17.7 Å². The van der Waals surface area contributed by atoms with Crippen LogP contribution < -0.4 is 5.32 Å². The molecule has 2 heterocycles. The number of hydrogen-bond donors (Lipinski definition) is 1. The maximum atomic E-state index is 11.6. The van der Waals surface area contributed by atoms with Crippen LogP contribution in [0.3, 0.4) is 0 Å². The van der Waals surface area contributed by atoms with Gasteiger partial charge in [0, 0.05) is 6.54 Å². The number of ether oxygens (including phenoxy) is 2. The second-order valence-electron chi connectivity index (χ2n) is 6.64. The normalized spacial score (nSPS) is 11.3. The number of carbonyl (C=O) groups excluding carboxylic acids is 2. The molecule has 148 valence electrons. The van der Waals surface area contributed by atoms with E-state index in [1.807, 2.05) is 0 Å². The van der Waals surface area contributed by atoms with Gasteiger partial charge in [0.2, 0.25) is 0 Å². The molecule has 2 aromatic heterocycles. The van der Waals surface area contributed by atoms with Gasteiger partial charge in [0.05, 0.1) is 25.9 Å². The van der Waals surface area contributed by atoms with Crippen LogP contribution in [-0.4, -0.2) is 66.0 Å². The molecular formula is C15H24N8O4. The Balaban J connectivity index is 1.84. The number of carbonyl (C=O) groups is 2. The number of nitrogens with one attached hydrogen (secondary N) is 1. The highest BCUT2D eigenvalue weighted by Crippen LogP contribution is 2.06. The first-order chi connectivity index (χ1) is 12.8. The average molecular weight is 380 g/mol. The SMILES string of the molecule is CCOC(=O)Cc1nnnn1Cc1cn(CCNC(=O)OC(C)(C)C)nn1. The Morgan fingerprint density at radius 3 is 2.70 bits per heavy atom. The van der Waals surface area contributed by atoms with E-state index in [9.17, 15) is 9.59 Å². The van der Waals surface area contributed by atoms with E-state index in [4.69, 9.17) is 9.47 Å². The maximum Gasteiger partial charge on any atom is 0.407 e. The van der Waals surface area contributed by atoms with Crippen LogP contribution >= 0.6 is 0 Å². The largest absolute Gasteiger partial charge is 0.466 e. The van der Waals surface area contributed by atoms with Crippen molar-refractivity contribution in [3.8, 4) is 0 Å². The van der Waals surface area contributed by atoms with Gasteiger partial charge in [-0.1, -0.05) is 5.21 Å². The predicted molar refractivity (Wildman–Crippen MR) is 91.5 cm³/mol. The van der Waals surface area contributed by atoms with Gasteiger partial charge in [-0.2, -0.15) is 0 Å². The number of alkyl carbamates (subject to hydrolysis) is 1. The Hall–Kier alpha value is -3.05. The second-order valence-corrected chi connectivity index (χ2v) is 6.64. The molecule has 0 atom stereocenters. The Morgan fingerprint density at radius 1 is 1.22 bits per heavy atom. The van der Waals surface area contributed by atoms with Gasteiger partial charge in [-0.15, -0.1) is 10.2 Å². The standard InChI is InChI=1S/C15H24N8O4/c1-5-26-13(24)8-12-18-19-21-23(12)10-11-9-22(20-17-11)7-6-16-14(25)27-15(2,3)4/h9H,5-8,10H2,1-4H3,(H,16,25). The van der Waals surface area contributed by atoms with Crippen molar-refractivity contribution in [1.82, 2.24) is 40.5 Å². The smallest absolute Gasteiger partial charge is 0.407 e. The number of amides is 1. The van der Waals surface area contributed by atoms with Gasteiger partial charge >= 0.3 is 12.1 Å². The fourth-order valence-corrected chi connectivity index (χ4v) is 2.07. The second kappa shape index (κ2) is 9.05. The summed E-state index contributed by atoms with van der Waals surface area (Å²) in [6, 6.07) is 0. The summed E-state index contributed by atoms with van der Waals surface area (Å²) >= 11 is 0. The van der Waals surface area contributed by atoms with Crippen molar-refractivity contribution >= 4 is 12.1 Å². The van der Waals surface area contributed by atoms with E-state index in [1.165, 1.54) is 4.68 Å². The summed E-state index contributed by atoms with van der Waals surface area (Å²) < 4.78 is 13.1. The highest BCUT2D eigenvalue weighted by atomic mass is 16.6. The Bertz CT molecular complexity index is 764. The first-order valence-corrected chi connectivity index (χ1v) is 8.53. The summed E-state index contributed by atoms with van der Waals surface area (Å²) in [5.41, 5.74) is 0.0714. The fraction of sp³-hybridized carbons (Fsp3) is 0.667. The summed E-state index contributed by atoms with van der Waals surface area (Å²) in [6.07, 6.45) is 1.21.